The van der Waals surface area contributed by atoms with Gasteiger partial charge in [0.05, 0.1) is 16.8 Å². The van der Waals surface area contributed by atoms with Gasteiger partial charge in [0.2, 0.25) is 0 Å². The molecule has 0 spiro atoms. The molecule has 2 aromatic heterocycles. The summed E-state index contributed by atoms with van der Waals surface area (Å²) in [5.41, 5.74) is 1.34. The number of nitrogens with zero attached hydrogens (tertiary/aromatic N) is 3. The predicted octanol–water partition coefficient (Wildman–Crippen LogP) is 4.64. The van der Waals surface area contributed by atoms with Crippen LogP contribution in [0.5, 0.6) is 0 Å². The summed E-state index contributed by atoms with van der Waals surface area (Å²) in [5.74, 6) is -0.319. The molecule has 0 aliphatic rings. The molecule has 3 aromatic rings. The van der Waals surface area contributed by atoms with E-state index < -0.39 is 0 Å². The number of amides is 1. The molecule has 0 atom stereocenters. The lowest BCUT2D eigenvalue weighted by Gasteiger charge is -2.20. The van der Waals surface area contributed by atoms with Crippen LogP contribution in [0, 0.1) is 5.82 Å². The lowest BCUT2D eigenvalue weighted by molar-refractivity contribution is -0.121. The Labute approximate surface area is 166 Å². The number of aromatic nitrogens is 2. The van der Waals surface area contributed by atoms with Crippen LogP contribution in [0.25, 0.3) is 10.2 Å². The van der Waals surface area contributed by atoms with Crippen molar-refractivity contribution in [2.45, 2.75) is 6.54 Å². The number of hydrogen-bond acceptors (Lipinski definition) is 5. The molecule has 7 heteroatoms. The molecule has 1 aromatic carbocycles. The molecule has 0 fully saturated rings. The quantitative estimate of drug-likeness (QED) is 0.412. The summed E-state index contributed by atoms with van der Waals surface area (Å²) in [5, 5.41) is 0.463. The third-order valence-electron chi connectivity index (χ3n) is 3.73. The molecule has 0 saturated heterocycles. The minimum atomic E-state index is -0.372. The van der Waals surface area contributed by atoms with Crippen molar-refractivity contribution in [1.82, 2.24) is 9.97 Å². The molecule has 0 unspecified atom stereocenters. The summed E-state index contributed by atoms with van der Waals surface area (Å²) in [7, 11) is 0. The Morgan fingerprint density at radius 3 is 2.96 bits per heavy atom. The minimum Gasteiger partial charge on any atom is -0.484 e. The normalized spacial score (nSPS) is 10.9. The van der Waals surface area contributed by atoms with Gasteiger partial charge < -0.3 is 4.74 Å². The van der Waals surface area contributed by atoms with Crippen molar-refractivity contribution in [1.29, 1.82) is 0 Å². The molecule has 0 bridgehead atoms. The Morgan fingerprint density at radius 1 is 1.36 bits per heavy atom. The molecule has 28 heavy (non-hydrogen) atoms. The van der Waals surface area contributed by atoms with Gasteiger partial charge >= 0.3 is 0 Å². The molecule has 3 rings (SSSR count). The van der Waals surface area contributed by atoms with Crippen LogP contribution in [0.1, 0.15) is 5.56 Å². The maximum atomic E-state index is 13.5. The zero-order valence-corrected chi connectivity index (χ0v) is 15.9. The highest BCUT2D eigenvalue weighted by atomic mass is 32.1. The van der Waals surface area contributed by atoms with Gasteiger partial charge in [0, 0.05) is 18.5 Å². The van der Waals surface area contributed by atoms with E-state index in [2.05, 4.69) is 23.1 Å². The summed E-state index contributed by atoms with van der Waals surface area (Å²) in [6.45, 7) is 7.37. The number of ether oxygens (including phenoxy) is 1. The summed E-state index contributed by atoms with van der Waals surface area (Å²) in [6, 6.07) is 8.03. The zero-order chi connectivity index (χ0) is 19.9. The molecule has 0 saturated carbocycles. The maximum absolute atomic E-state index is 13.5. The van der Waals surface area contributed by atoms with Crippen molar-refractivity contribution >= 4 is 32.6 Å². The number of anilines is 1. The van der Waals surface area contributed by atoms with Gasteiger partial charge in [-0.05, 0) is 29.8 Å². The summed E-state index contributed by atoms with van der Waals surface area (Å²) >= 11 is 1.31. The molecular weight excluding hydrogens is 377 g/mol. The molecule has 2 heterocycles. The van der Waals surface area contributed by atoms with E-state index in [9.17, 15) is 9.18 Å². The third-order valence-corrected chi connectivity index (χ3v) is 4.79. The summed E-state index contributed by atoms with van der Waals surface area (Å²) < 4.78 is 19.7. The number of thiazole rings is 1. The number of carbonyl (C=O) groups excluding carboxylic acids is 1. The van der Waals surface area contributed by atoms with E-state index in [1.165, 1.54) is 28.4 Å². The average molecular weight is 395 g/mol. The molecule has 5 nitrogen and oxygen atoms in total. The van der Waals surface area contributed by atoms with Gasteiger partial charge in [0.25, 0.3) is 5.91 Å². The largest absolute Gasteiger partial charge is 0.484 e. The molecule has 142 valence electrons. The molecular formula is C21H18FN3O2S. The van der Waals surface area contributed by atoms with Crippen molar-refractivity contribution < 1.29 is 13.9 Å². The lowest BCUT2D eigenvalue weighted by Crippen LogP contribution is -2.33. The Balaban J connectivity index is 1.85. The van der Waals surface area contributed by atoms with Gasteiger partial charge in [-0.1, -0.05) is 42.7 Å². The molecule has 0 aliphatic heterocycles. The van der Waals surface area contributed by atoms with Crippen LogP contribution in [0.2, 0.25) is 0 Å². The van der Waals surface area contributed by atoms with Crippen molar-refractivity contribution in [2.75, 3.05) is 11.5 Å². The number of fused-ring (bicyclic) bond motifs is 1. The van der Waals surface area contributed by atoms with Crippen molar-refractivity contribution in [3.05, 3.63) is 91.3 Å². The first kappa shape index (κ1) is 19.4. The number of rotatable bonds is 8. The second kappa shape index (κ2) is 9.05. The van der Waals surface area contributed by atoms with E-state index in [0.717, 1.165) is 10.3 Å². The number of hydrogen-bond donors (Lipinski definition) is 0. The van der Waals surface area contributed by atoms with Gasteiger partial charge in [-0.25, -0.2) is 9.37 Å². The number of carbonyl (C=O) groups is 1. The van der Waals surface area contributed by atoms with Crippen LogP contribution >= 0.6 is 11.3 Å². The van der Waals surface area contributed by atoms with Crippen molar-refractivity contribution in [3.8, 4) is 0 Å². The fourth-order valence-electron chi connectivity index (χ4n) is 2.40. The van der Waals surface area contributed by atoms with Crippen LogP contribution in [0.3, 0.4) is 0 Å². The smallest absolute Gasteiger partial charge is 0.267 e. The standard InChI is InChI=1S/C21H18FN3O2S/c1-3-4-6-15(2)27-14-20(26)25(13-16-7-5-10-23-12-16)21-24-18-11-17(22)8-9-19(18)28-21/h3-12H,1-2,13-14H2/b6-4-. The molecule has 0 aliphatic carbocycles. The fraction of sp³-hybridized carbons (Fsp3) is 0.0952. The second-order valence-electron chi connectivity index (χ2n) is 5.80. The number of pyridine rings is 1. The van der Waals surface area contributed by atoms with Gasteiger partial charge in [-0.2, -0.15) is 0 Å². The Bertz CT molecular complexity index is 1030. The maximum Gasteiger partial charge on any atom is 0.267 e. The Morgan fingerprint density at radius 2 is 2.21 bits per heavy atom. The van der Waals surface area contributed by atoms with Crippen molar-refractivity contribution in [2.24, 2.45) is 0 Å². The monoisotopic (exact) mass is 395 g/mol. The number of halogens is 1. The number of benzene rings is 1. The number of allylic oxidation sites excluding steroid dienone is 3. The second-order valence-corrected chi connectivity index (χ2v) is 6.81. The SMILES string of the molecule is C=C/C=C\C(=C)OCC(=O)N(Cc1cccnc1)c1nc2cc(F)ccc2s1. The highest BCUT2D eigenvalue weighted by Gasteiger charge is 2.21. The first-order chi connectivity index (χ1) is 13.6. The van der Waals surface area contributed by atoms with Crippen LogP contribution in [0.15, 0.2) is 79.9 Å². The predicted molar refractivity (Wildman–Crippen MR) is 109 cm³/mol. The van der Waals surface area contributed by atoms with Crippen LogP contribution in [-0.4, -0.2) is 22.5 Å². The summed E-state index contributed by atoms with van der Waals surface area (Å²) in [4.78, 5) is 22.9. The van der Waals surface area contributed by atoms with Crippen molar-refractivity contribution in [3.63, 3.8) is 0 Å². The molecule has 0 radical (unpaired) electrons. The molecule has 1 amide bonds. The summed E-state index contributed by atoms with van der Waals surface area (Å²) in [6.07, 6.45) is 8.22. The van der Waals surface area contributed by atoms with E-state index in [4.69, 9.17) is 4.74 Å². The van der Waals surface area contributed by atoms with E-state index >= 15 is 0 Å². The highest BCUT2D eigenvalue weighted by Crippen LogP contribution is 2.30. The third kappa shape index (κ3) is 4.89. The van der Waals surface area contributed by atoms with E-state index in [1.54, 1.807) is 42.8 Å². The van der Waals surface area contributed by atoms with Gasteiger partial charge in [0.15, 0.2) is 11.7 Å². The first-order valence-corrected chi connectivity index (χ1v) is 9.24. The first-order valence-electron chi connectivity index (χ1n) is 8.43. The van der Waals surface area contributed by atoms with Crippen LogP contribution in [0.4, 0.5) is 9.52 Å². The van der Waals surface area contributed by atoms with Gasteiger partial charge in [-0.15, -0.1) is 0 Å². The van der Waals surface area contributed by atoms with E-state index in [1.807, 2.05) is 6.07 Å². The topological polar surface area (TPSA) is 55.3 Å². The van der Waals surface area contributed by atoms with E-state index in [-0.39, 0.29) is 24.9 Å². The zero-order valence-electron chi connectivity index (χ0n) is 15.0. The average Bonchev–Trinajstić information content (AvgIpc) is 3.12. The molecule has 0 N–H and O–H groups in total. The fourth-order valence-corrected chi connectivity index (χ4v) is 3.36. The lowest BCUT2D eigenvalue weighted by atomic mass is 10.2. The van der Waals surface area contributed by atoms with Gasteiger partial charge in [-0.3, -0.25) is 14.7 Å². The Hall–Kier alpha value is -3.32. The Kier molecular flexibility index (Phi) is 6.29. The van der Waals surface area contributed by atoms with Crippen LogP contribution < -0.4 is 4.90 Å². The van der Waals surface area contributed by atoms with E-state index in [0.29, 0.717) is 16.4 Å². The highest BCUT2D eigenvalue weighted by molar-refractivity contribution is 7.22. The van der Waals surface area contributed by atoms with Gasteiger partial charge in [0.1, 0.15) is 11.6 Å². The van der Waals surface area contributed by atoms with Crippen LogP contribution in [-0.2, 0) is 16.1 Å². The minimum absolute atomic E-state index is 0.204.